The van der Waals surface area contributed by atoms with Gasteiger partial charge >= 0.3 is 0 Å². The lowest BCUT2D eigenvalue weighted by molar-refractivity contribution is -0.0573. The van der Waals surface area contributed by atoms with Crippen molar-refractivity contribution < 1.29 is 10.2 Å². The minimum absolute atomic E-state index is 0.304. The van der Waals surface area contributed by atoms with Crippen LogP contribution in [0.5, 0.6) is 0 Å². The van der Waals surface area contributed by atoms with Gasteiger partial charge in [-0.2, -0.15) is 0 Å². The lowest BCUT2D eigenvalue weighted by atomic mass is 9.78. The number of aliphatic hydroxyl groups is 2. The second kappa shape index (κ2) is 3.55. The average molecular weight is 158 g/mol. The van der Waals surface area contributed by atoms with E-state index < -0.39 is 12.2 Å². The van der Waals surface area contributed by atoms with E-state index in [1.165, 1.54) is 0 Å². The van der Waals surface area contributed by atoms with Crippen LogP contribution in [-0.2, 0) is 0 Å². The highest BCUT2D eigenvalue weighted by molar-refractivity contribution is 4.82. The van der Waals surface area contributed by atoms with Crippen molar-refractivity contribution in [2.45, 2.75) is 45.3 Å². The van der Waals surface area contributed by atoms with Crippen LogP contribution in [-0.4, -0.2) is 22.4 Å². The van der Waals surface area contributed by atoms with Gasteiger partial charge in [-0.3, -0.25) is 0 Å². The predicted molar refractivity (Wildman–Crippen MR) is 44.2 cm³/mol. The van der Waals surface area contributed by atoms with Gasteiger partial charge in [-0.25, -0.2) is 0 Å². The Kier molecular flexibility index (Phi) is 2.90. The molecule has 0 aromatic carbocycles. The van der Waals surface area contributed by atoms with Gasteiger partial charge in [0.25, 0.3) is 0 Å². The Bertz CT molecular complexity index is 123. The van der Waals surface area contributed by atoms with E-state index in [-0.39, 0.29) is 0 Å². The van der Waals surface area contributed by atoms with E-state index in [4.69, 9.17) is 0 Å². The monoisotopic (exact) mass is 158 g/mol. The second-order valence-corrected chi connectivity index (χ2v) is 3.90. The molecule has 0 amide bonds. The first-order chi connectivity index (χ1) is 5.13. The van der Waals surface area contributed by atoms with Crippen molar-refractivity contribution in [2.24, 2.45) is 11.8 Å². The minimum atomic E-state index is -0.483. The summed E-state index contributed by atoms with van der Waals surface area (Å²) < 4.78 is 0. The maximum Gasteiger partial charge on any atom is 0.0829 e. The fourth-order valence-corrected chi connectivity index (χ4v) is 1.92. The third kappa shape index (κ3) is 1.94. The molecule has 0 aromatic heterocycles. The Morgan fingerprint density at radius 3 is 2.27 bits per heavy atom. The predicted octanol–water partition coefficient (Wildman–Crippen LogP) is 1.16. The molecule has 1 rings (SSSR count). The van der Waals surface area contributed by atoms with E-state index in [0.29, 0.717) is 11.8 Å². The molecule has 3 atom stereocenters. The molecule has 1 saturated carbocycles. The van der Waals surface area contributed by atoms with Crippen molar-refractivity contribution in [3.05, 3.63) is 0 Å². The molecule has 0 bridgehead atoms. The molecule has 0 spiro atoms. The smallest absolute Gasteiger partial charge is 0.0829 e. The quantitative estimate of drug-likeness (QED) is 0.601. The molecule has 1 aliphatic carbocycles. The van der Waals surface area contributed by atoms with Crippen LogP contribution in [0.25, 0.3) is 0 Å². The molecule has 2 nitrogen and oxygen atoms in total. The van der Waals surface area contributed by atoms with E-state index in [0.717, 1.165) is 19.3 Å². The molecule has 0 heterocycles. The van der Waals surface area contributed by atoms with Gasteiger partial charge in [0.1, 0.15) is 0 Å². The van der Waals surface area contributed by atoms with Crippen molar-refractivity contribution in [1.29, 1.82) is 0 Å². The molecule has 66 valence electrons. The molecule has 0 aromatic rings. The van der Waals surface area contributed by atoms with Crippen molar-refractivity contribution in [3.63, 3.8) is 0 Å². The van der Waals surface area contributed by atoms with Crippen LogP contribution in [0.1, 0.15) is 33.1 Å². The van der Waals surface area contributed by atoms with E-state index in [1.807, 2.05) is 0 Å². The van der Waals surface area contributed by atoms with E-state index >= 15 is 0 Å². The molecule has 0 unspecified atom stereocenters. The van der Waals surface area contributed by atoms with Crippen LogP contribution >= 0.6 is 0 Å². The van der Waals surface area contributed by atoms with Crippen molar-refractivity contribution in [3.8, 4) is 0 Å². The Hall–Kier alpha value is -0.0800. The molecule has 0 aliphatic heterocycles. The third-order valence-corrected chi connectivity index (χ3v) is 2.73. The van der Waals surface area contributed by atoms with Crippen LogP contribution < -0.4 is 0 Å². The second-order valence-electron chi connectivity index (χ2n) is 3.90. The summed E-state index contributed by atoms with van der Waals surface area (Å²) in [4.78, 5) is 0. The number of aliphatic hydroxyl groups excluding tert-OH is 2. The molecule has 0 radical (unpaired) electrons. The van der Waals surface area contributed by atoms with Crippen LogP contribution in [0.2, 0.25) is 0 Å². The first-order valence-electron chi connectivity index (χ1n) is 4.49. The molecule has 2 heteroatoms. The summed E-state index contributed by atoms with van der Waals surface area (Å²) in [6, 6.07) is 0. The van der Waals surface area contributed by atoms with Gasteiger partial charge in [-0.1, -0.05) is 20.3 Å². The summed E-state index contributed by atoms with van der Waals surface area (Å²) >= 11 is 0. The normalized spacial score (nSPS) is 39.5. The van der Waals surface area contributed by atoms with Gasteiger partial charge in [0.2, 0.25) is 0 Å². The number of hydrogen-bond acceptors (Lipinski definition) is 2. The molecule has 1 fully saturated rings. The van der Waals surface area contributed by atoms with E-state index in [2.05, 4.69) is 13.8 Å². The summed E-state index contributed by atoms with van der Waals surface area (Å²) in [5, 5.41) is 18.9. The molecular formula is C9H18O2. The fraction of sp³-hybridized carbons (Fsp3) is 1.00. The Labute approximate surface area is 68.2 Å². The zero-order valence-electron chi connectivity index (χ0n) is 7.33. The van der Waals surface area contributed by atoms with Crippen LogP contribution in [0, 0.1) is 11.8 Å². The summed E-state index contributed by atoms with van der Waals surface area (Å²) in [5.74, 6) is 0.790. The molecular weight excluding hydrogens is 140 g/mol. The lowest BCUT2D eigenvalue weighted by Gasteiger charge is -2.34. The van der Waals surface area contributed by atoms with Gasteiger partial charge in [0.15, 0.2) is 0 Å². The van der Waals surface area contributed by atoms with Crippen molar-refractivity contribution in [1.82, 2.24) is 0 Å². The van der Waals surface area contributed by atoms with Crippen LogP contribution in [0.15, 0.2) is 0 Å². The van der Waals surface area contributed by atoms with E-state index in [9.17, 15) is 10.2 Å². The van der Waals surface area contributed by atoms with E-state index in [1.54, 1.807) is 0 Å². The van der Waals surface area contributed by atoms with Gasteiger partial charge in [-0.05, 0) is 24.7 Å². The van der Waals surface area contributed by atoms with Gasteiger partial charge in [-0.15, -0.1) is 0 Å². The summed E-state index contributed by atoms with van der Waals surface area (Å²) in [6.45, 7) is 4.21. The highest BCUT2D eigenvalue weighted by atomic mass is 16.3. The number of hydrogen-bond donors (Lipinski definition) is 2. The topological polar surface area (TPSA) is 40.5 Å². The maximum absolute atomic E-state index is 9.56. The molecule has 0 saturated heterocycles. The van der Waals surface area contributed by atoms with Gasteiger partial charge < -0.3 is 10.2 Å². The van der Waals surface area contributed by atoms with Crippen LogP contribution in [0.4, 0.5) is 0 Å². The SMILES string of the molecule is CC(C)[C@H]1CCC[C@H](O)[C@H]1O. The molecule has 11 heavy (non-hydrogen) atoms. The summed E-state index contributed by atoms with van der Waals surface area (Å²) in [5.41, 5.74) is 0. The molecule has 2 N–H and O–H groups in total. The fourth-order valence-electron chi connectivity index (χ4n) is 1.92. The zero-order chi connectivity index (χ0) is 8.43. The van der Waals surface area contributed by atoms with Gasteiger partial charge in [0.05, 0.1) is 12.2 Å². The minimum Gasteiger partial charge on any atom is -0.390 e. The summed E-state index contributed by atoms with van der Waals surface area (Å²) in [6.07, 6.45) is 1.93. The highest BCUT2D eigenvalue weighted by Gasteiger charge is 2.31. The van der Waals surface area contributed by atoms with Gasteiger partial charge in [0, 0.05) is 0 Å². The standard InChI is InChI=1S/C9H18O2/c1-6(2)7-4-3-5-8(10)9(7)11/h6-11H,3-5H2,1-2H3/t7-,8+,9+/m1/s1. The van der Waals surface area contributed by atoms with Crippen LogP contribution in [0.3, 0.4) is 0 Å². The average Bonchev–Trinajstić information content (AvgIpc) is 1.94. The van der Waals surface area contributed by atoms with Crippen molar-refractivity contribution >= 4 is 0 Å². The largest absolute Gasteiger partial charge is 0.390 e. The Balaban J connectivity index is 2.51. The zero-order valence-corrected chi connectivity index (χ0v) is 7.33. The first-order valence-corrected chi connectivity index (χ1v) is 4.49. The highest BCUT2D eigenvalue weighted by Crippen LogP contribution is 2.30. The first kappa shape index (κ1) is 9.01. The number of rotatable bonds is 1. The van der Waals surface area contributed by atoms with Crippen molar-refractivity contribution in [2.75, 3.05) is 0 Å². The summed E-state index contributed by atoms with van der Waals surface area (Å²) in [7, 11) is 0. The molecule has 1 aliphatic rings. The Morgan fingerprint density at radius 2 is 1.82 bits per heavy atom. The third-order valence-electron chi connectivity index (χ3n) is 2.73. The Morgan fingerprint density at radius 1 is 1.18 bits per heavy atom. The maximum atomic E-state index is 9.56. The lowest BCUT2D eigenvalue weighted by Crippen LogP contribution is -2.39.